The molecular weight excluding hydrogens is 1070 g/mol. The molecule has 0 fully saturated rings. The van der Waals surface area contributed by atoms with Crippen LogP contribution in [0.1, 0.15) is 111 Å². The number of fused-ring (bicyclic) bond motifs is 7. The summed E-state index contributed by atoms with van der Waals surface area (Å²) in [6.45, 7) is 28.0. The molecule has 4 heterocycles. The number of hydrogen-bond acceptors (Lipinski definition) is 5. The lowest BCUT2D eigenvalue weighted by molar-refractivity contribution is 0.568. The highest BCUT2D eigenvalue weighted by Gasteiger charge is 2.44. The first-order valence-corrected chi connectivity index (χ1v) is 31.0. The molecule has 12 aromatic rings. The Morgan fingerprint density at radius 3 is 1.30 bits per heavy atom. The lowest BCUT2D eigenvalue weighted by atomic mass is 9.33. The summed E-state index contributed by atoms with van der Waals surface area (Å²) in [4.78, 5) is 15.8. The predicted molar refractivity (Wildman–Crippen MR) is 372 cm³/mol. The van der Waals surface area contributed by atoms with Crippen LogP contribution < -0.4 is 26.2 Å². The second-order valence-corrected chi connectivity index (χ2v) is 28.3. The van der Waals surface area contributed by atoms with Crippen molar-refractivity contribution in [2.75, 3.05) is 9.80 Å². The maximum absolute atomic E-state index is 11.1. The minimum Gasteiger partial charge on any atom is -0.311 e. The smallest absolute Gasteiger partial charge is 0.252 e. The van der Waals surface area contributed by atoms with Crippen molar-refractivity contribution < 1.29 is 0 Å². The average Bonchev–Trinajstić information content (AvgIpc) is 1.25. The Morgan fingerprint density at radius 2 is 0.807 bits per heavy atom. The van der Waals surface area contributed by atoms with Gasteiger partial charge in [-0.3, -0.25) is 0 Å². The molecule has 14 rings (SSSR count). The molecule has 0 unspecified atom stereocenters. The third kappa shape index (κ3) is 9.58. The van der Waals surface area contributed by atoms with Gasteiger partial charge >= 0.3 is 0 Å². The molecule has 2 aliphatic heterocycles. The number of hydrogen-bond donors (Lipinski definition) is 0. The number of benzene rings is 10. The van der Waals surface area contributed by atoms with E-state index in [9.17, 15) is 5.26 Å². The second-order valence-electron chi connectivity index (χ2n) is 28.3. The second kappa shape index (κ2) is 20.7. The molecule has 0 bridgehead atoms. The largest absolute Gasteiger partial charge is 0.311 e. The van der Waals surface area contributed by atoms with E-state index in [1.165, 1.54) is 50.0 Å². The molecule has 0 amide bonds. The minimum absolute atomic E-state index is 0.0420. The zero-order valence-electron chi connectivity index (χ0n) is 52.6. The van der Waals surface area contributed by atoms with Crippen LogP contribution in [0.2, 0.25) is 0 Å². The average molecular weight is 1140 g/mol. The minimum atomic E-state index is -0.108. The molecule has 0 atom stereocenters. The van der Waals surface area contributed by atoms with Gasteiger partial charge in [-0.1, -0.05) is 223 Å². The first-order valence-electron chi connectivity index (χ1n) is 31.0. The van der Waals surface area contributed by atoms with Gasteiger partial charge in [-0.05, 0) is 156 Å². The molecular formula is C81H73BN6. The molecule has 430 valence electrons. The van der Waals surface area contributed by atoms with E-state index in [-0.39, 0.29) is 28.4 Å². The normalized spacial score (nSPS) is 13.1. The van der Waals surface area contributed by atoms with E-state index in [0.717, 1.165) is 83.9 Å². The Bertz CT molecular complexity index is 4540. The van der Waals surface area contributed by atoms with Gasteiger partial charge in [0.25, 0.3) is 6.71 Å². The van der Waals surface area contributed by atoms with Gasteiger partial charge in [-0.2, -0.15) is 5.26 Å². The zero-order valence-corrected chi connectivity index (χ0v) is 52.6. The Labute approximate surface area is 519 Å². The van der Waals surface area contributed by atoms with Crippen LogP contribution in [0, 0.1) is 11.3 Å². The van der Waals surface area contributed by atoms with Gasteiger partial charge in [0.05, 0.1) is 45.3 Å². The van der Waals surface area contributed by atoms with Crippen molar-refractivity contribution in [3.8, 4) is 56.8 Å². The first-order chi connectivity index (χ1) is 42.1. The molecule has 0 radical (unpaired) electrons. The van der Waals surface area contributed by atoms with Gasteiger partial charge in [-0.15, -0.1) is 0 Å². The maximum atomic E-state index is 11.1. The van der Waals surface area contributed by atoms with Gasteiger partial charge in [-0.25, -0.2) is 9.97 Å². The number of nitriles is 1. The molecule has 6 nitrogen and oxygen atoms in total. The Kier molecular flexibility index (Phi) is 13.2. The first kappa shape index (κ1) is 56.1. The standard InChI is InChI=1S/C81H73BN6/c1-78(2,3)56-43-57(79(4,5)6)46-60(45-56)86-70-35-23-20-32-64(70)82-65-33-21-24-36-71(65)87(61-47-58(80(7,8)9)44-59(48-61)81(10,11)12)74-42-55(41-73(86)76(74)82)53-38-39-69-63(40-53)62-31-19-22-34-68(62)88(69)72-37-25-30-54(50-83)75(72)77-84-66(51-26-15-13-16-27-51)49-67(85-77)52-28-17-14-18-29-52/h13-49H,1-12H3. The van der Waals surface area contributed by atoms with E-state index >= 15 is 0 Å². The lowest BCUT2D eigenvalue weighted by Crippen LogP contribution is -2.61. The zero-order chi connectivity index (χ0) is 61.2. The van der Waals surface area contributed by atoms with Crippen molar-refractivity contribution in [1.82, 2.24) is 14.5 Å². The third-order valence-corrected chi connectivity index (χ3v) is 18.2. The van der Waals surface area contributed by atoms with Gasteiger partial charge in [0.2, 0.25) is 0 Å². The van der Waals surface area contributed by atoms with Gasteiger partial charge < -0.3 is 14.4 Å². The Hall–Kier alpha value is -9.77. The van der Waals surface area contributed by atoms with Crippen molar-refractivity contribution in [1.29, 1.82) is 5.26 Å². The summed E-state index contributed by atoms with van der Waals surface area (Å²) in [6.07, 6.45) is 0. The Balaban J connectivity index is 1.05. The van der Waals surface area contributed by atoms with Crippen LogP contribution in [-0.4, -0.2) is 21.2 Å². The topological polar surface area (TPSA) is 61.0 Å². The molecule has 0 saturated heterocycles. The summed E-state index contributed by atoms with van der Waals surface area (Å²) in [5, 5.41) is 13.3. The van der Waals surface area contributed by atoms with E-state index in [1.807, 2.05) is 54.6 Å². The molecule has 2 aromatic heterocycles. The number of nitrogens with zero attached hydrogens (tertiary/aromatic N) is 6. The third-order valence-electron chi connectivity index (χ3n) is 18.2. The van der Waals surface area contributed by atoms with E-state index in [4.69, 9.17) is 9.97 Å². The lowest BCUT2D eigenvalue weighted by Gasteiger charge is -2.45. The summed E-state index contributed by atoms with van der Waals surface area (Å²) < 4.78 is 2.31. The number of rotatable bonds is 7. The summed E-state index contributed by atoms with van der Waals surface area (Å²) >= 11 is 0. The number of aromatic nitrogens is 3. The quantitative estimate of drug-likeness (QED) is 0.149. The number of anilines is 6. The monoisotopic (exact) mass is 1140 g/mol. The van der Waals surface area contributed by atoms with Gasteiger partial charge in [0.15, 0.2) is 5.82 Å². The molecule has 10 aromatic carbocycles. The van der Waals surface area contributed by atoms with E-state index < -0.39 is 0 Å². The predicted octanol–water partition coefficient (Wildman–Crippen LogP) is 19.4. The SMILES string of the molecule is CC(C)(C)c1cc(N2c3ccccc3B3c4ccccc4N(c4cc(C(C)(C)C)cc(C(C)(C)C)c4)c4cc(-c5ccc6c(c5)c5ccccc5n6-c5cccc(C#N)c5-c5nc(-c6ccccc6)cc(-c6ccccc6)n5)cc2c43)cc(C(C)(C)C)c1. The van der Waals surface area contributed by atoms with Gasteiger partial charge in [0.1, 0.15) is 0 Å². The van der Waals surface area contributed by atoms with Gasteiger partial charge in [0, 0.05) is 56.0 Å². The van der Waals surface area contributed by atoms with E-state index in [1.54, 1.807) is 0 Å². The van der Waals surface area contributed by atoms with Crippen LogP contribution in [-0.2, 0) is 21.7 Å². The molecule has 0 saturated carbocycles. The fourth-order valence-electron chi connectivity index (χ4n) is 13.4. The summed E-state index contributed by atoms with van der Waals surface area (Å²) in [6, 6.07) is 84.6. The highest BCUT2D eigenvalue weighted by molar-refractivity contribution is 7.00. The van der Waals surface area contributed by atoms with E-state index in [0.29, 0.717) is 17.0 Å². The summed E-state index contributed by atoms with van der Waals surface area (Å²) in [5.41, 5.74) is 25.4. The highest BCUT2D eigenvalue weighted by Crippen LogP contribution is 2.49. The van der Waals surface area contributed by atoms with Crippen LogP contribution in [0.5, 0.6) is 0 Å². The van der Waals surface area contributed by atoms with Crippen molar-refractivity contribution in [2.24, 2.45) is 0 Å². The fourth-order valence-corrected chi connectivity index (χ4v) is 13.4. The summed E-state index contributed by atoms with van der Waals surface area (Å²) in [5.74, 6) is 0.485. The molecule has 0 aliphatic carbocycles. The van der Waals surface area contributed by atoms with Crippen LogP contribution in [0.15, 0.2) is 224 Å². The van der Waals surface area contributed by atoms with E-state index in [2.05, 4.69) is 273 Å². The summed E-state index contributed by atoms with van der Waals surface area (Å²) in [7, 11) is 0. The molecule has 2 aliphatic rings. The van der Waals surface area contributed by atoms with Crippen molar-refractivity contribution >= 4 is 79.0 Å². The molecule has 7 heteroatoms. The molecule has 0 N–H and O–H groups in total. The molecule has 0 spiro atoms. The Morgan fingerprint density at radius 1 is 0.364 bits per heavy atom. The molecule has 88 heavy (non-hydrogen) atoms. The maximum Gasteiger partial charge on any atom is 0.252 e. The van der Waals surface area contributed by atoms with Crippen LogP contribution in [0.25, 0.3) is 72.5 Å². The van der Waals surface area contributed by atoms with Crippen LogP contribution in [0.4, 0.5) is 34.1 Å². The number of para-hydroxylation sites is 3. The fraction of sp³-hybridized carbons (Fsp3) is 0.198. The van der Waals surface area contributed by atoms with Crippen molar-refractivity contribution in [2.45, 2.75) is 105 Å². The van der Waals surface area contributed by atoms with Crippen molar-refractivity contribution in [3.05, 3.63) is 252 Å². The van der Waals surface area contributed by atoms with Crippen molar-refractivity contribution in [3.63, 3.8) is 0 Å². The van der Waals surface area contributed by atoms with Crippen LogP contribution in [0.3, 0.4) is 0 Å². The highest BCUT2D eigenvalue weighted by atomic mass is 15.2. The van der Waals surface area contributed by atoms with Crippen LogP contribution >= 0.6 is 0 Å².